The Morgan fingerprint density at radius 2 is 1.85 bits per heavy atom. The monoisotopic (exact) mass is 362 g/mol. The highest BCUT2D eigenvalue weighted by molar-refractivity contribution is 5.58. The van der Waals surface area contributed by atoms with Gasteiger partial charge in [-0.25, -0.2) is 0 Å². The highest BCUT2D eigenvalue weighted by Crippen LogP contribution is 2.51. The maximum absolute atomic E-state index is 13.2. The maximum atomic E-state index is 13.2. The van der Waals surface area contributed by atoms with Crippen LogP contribution in [0, 0.1) is 5.92 Å². The van der Waals surface area contributed by atoms with Gasteiger partial charge in [0, 0.05) is 23.7 Å². The van der Waals surface area contributed by atoms with Gasteiger partial charge in [0.15, 0.2) is 0 Å². The van der Waals surface area contributed by atoms with Gasteiger partial charge in [-0.05, 0) is 36.6 Å². The molecule has 0 aliphatic carbocycles. The number of nitrogens with two attached hydrogens (primary N) is 1. The predicted octanol–water partition coefficient (Wildman–Crippen LogP) is 4.67. The summed E-state index contributed by atoms with van der Waals surface area (Å²) in [5, 5.41) is 3.45. The quantitative estimate of drug-likeness (QED) is 0.816. The van der Waals surface area contributed by atoms with Crippen molar-refractivity contribution in [2.75, 3.05) is 11.9 Å². The Bertz CT molecular complexity index is 778. The third kappa shape index (κ3) is 3.08. The van der Waals surface area contributed by atoms with Crippen LogP contribution < -0.4 is 11.1 Å². The van der Waals surface area contributed by atoms with E-state index in [0.717, 1.165) is 24.5 Å². The molecule has 0 aromatic heterocycles. The van der Waals surface area contributed by atoms with E-state index in [2.05, 4.69) is 5.32 Å². The number of nitrogens with one attached hydrogen (secondary N) is 1. The van der Waals surface area contributed by atoms with Gasteiger partial charge in [-0.15, -0.1) is 0 Å². The van der Waals surface area contributed by atoms with Crippen LogP contribution in [0.15, 0.2) is 48.5 Å². The van der Waals surface area contributed by atoms with Crippen molar-refractivity contribution in [3.63, 3.8) is 0 Å². The summed E-state index contributed by atoms with van der Waals surface area (Å²) in [4.78, 5) is 0. The minimum atomic E-state index is -4.37. The van der Waals surface area contributed by atoms with Gasteiger partial charge >= 0.3 is 6.18 Å². The Balaban J connectivity index is 1.77. The summed E-state index contributed by atoms with van der Waals surface area (Å²) in [7, 11) is 0. The van der Waals surface area contributed by atoms with Gasteiger partial charge in [-0.3, -0.25) is 0 Å². The Labute approximate surface area is 150 Å². The molecule has 2 aliphatic heterocycles. The number of halogens is 3. The maximum Gasteiger partial charge on any atom is 0.416 e. The lowest BCUT2D eigenvalue weighted by molar-refractivity contribution is -0.138. The highest BCUT2D eigenvalue weighted by Gasteiger charge is 2.43. The minimum absolute atomic E-state index is 0.00385. The van der Waals surface area contributed by atoms with Crippen LogP contribution in [0.5, 0.6) is 0 Å². The van der Waals surface area contributed by atoms with E-state index in [4.69, 9.17) is 10.5 Å². The molecule has 4 atom stereocenters. The number of hydrogen-bond donors (Lipinski definition) is 2. The average Bonchev–Trinajstić information content (AvgIpc) is 2.66. The average molecular weight is 362 g/mol. The number of hydrogen-bond acceptors (Lipinski definition) is 3. The molecule has 0 saturated carbocycles. The summed E-state index contributed by atoms with van der Waals surface area (Å²) >= 11 is 0. The molecule has 0 radical (unpaired) electrons. The Hall–Kier alpha value is -2.05. The molecular weight excluding hydrogens is 341 g/mol. The van der Waals surface area contributed by atoms with Crippen molar-refractivity contribution in [3.8, 4) is 0 Å². The van der Waals surface area contributed by atoms with Gasteiger partial charge in [0.1, 0.15) is 0 Å². The molecule has 4 rings (SSSR count). The topological polar surface area (TPSA) is 47.3 Å². The number of rotatable bonds is 2. The van der Waals surface area contributed by atoms with Crippen LogP contribution in [0.3, 0.4) is 0 Å². The van der Waals surface area contributed by atoms with Gasteiger partial charge < -0.3 is 15.8 Å². The highest BCUT2D eigenvalue weighted by atomic mass is 19.4. The predicted molar refractivity (Wildman–Crippen MR) is 93.6 cm³/mol. The van der Waals surface area contributed by atoms with Crippen molar-refractivity contribution in [3.05, 3.63) is 65.2 Å². The smallest absolute Gasteiger partial charge is 0.378 e. The summed E-state index contributed by atoms with van der Waals surface area (Å²) in [6, 6.07) is 13.8. The molecule has 26 heavy (non-hydrogen) atoms. The van der Waals surface area contributed by atoms with Crippen molar-refractivity contribution in [1.29, 1.82) is 0 Å². The fourth-order valence-electron chi connectivity index (χ4n) is 4.10. The van der Waals surface area contributed by atoms with Gasteiger partial charge in [0.25, 0.3) is 0 Å². The first-order chi connectivity index (χ1) is 12.5. The fourth-order valence-corrected chi connectivity index (χ4v) is 4.10. The number of benzene rings is 2. The molecule has 3 nitrogen and oxygen atoms in total. The van der Waals surface area contributed by atoms with Gasteiger partial charge in [0.2, 0.25) is 0 Å². The van der Waals surface area contributed by atoms with Crippen LogP contribution in [-0.2, 0) is 10.9 Å². The standard InChI is InChI=1S/C20H21F3N2O/c21-20(22,23)13-6-9-17-16(10-13)19-15(8-7-14(11-24)26-19)18(25-17)12-4-2-1-3-5-12/h1-6,9-10,14-15,18-19,25H,7-8,11,24H2. The second-order valence-electron chi connectivity index (χ2n) is 6.99. The lowest BCUT2D eigenvalue weighted by Crippen LogP contribution is -2.41. The van der Waals surface area contributed by atoms with Crippen molar-refractivity contribution in [2.45, 2.75) is 37.3 Å². The van der Waals surface area contributed by atoms with Crippen LogP contribution in [0.4, 0.5) is 18.9 Å². The van der Waals surface area contributed by atoms with Crippen LogP contribution in [-0.4, -0.2) is 12.6 Å². The molecule has 1 fully saturated rings. The second-order valence-corrected chi connectivity index (χ2v) is 6.99. The van der Waals surface area contributed by atoms with Crippen molar-refractivity contribution < 1.29 is 17.9 Å². The molecule has 0 spiro atoms. The first-order valence-corrected chi connectivity index (χ1v) is 8.85. The zero-order valence-electron chi connectivity index (χ0n) is 14.2. The zero-order valence-corrected chi connectivity index (χ0v) is 14.2. The number of alkyl halides is 3. The Morgan fingerprint density at radius 1 is 1.08 bits per heavy atom. The van der Waals surface area contributed by atoms with E-state index >= 15 is 0 Å². The molecule has 2 heterocycles. The number of fused-ring (bicyclic) bond motifs is 3. The van der Waals surface area contributed by atoms with E-state index in [-0.39, 0.29) is 24.2 Å². The molecule has 2 aliphatic rings. The molecule has 138 valence electrons. The largest absolute Gasteiger partial charge is 0.416 e. The summed E-state index contributed by atoms with van der Waals surface area (Å²) in [6.07, 6.45) is -3.21. The van der Waals surface area contributed by atoms with E-state index in [1.165, 1.54) is 12.1 Å². The summed E-state index contributed by atoms with van der Waals surface area (Å²) < 4.78 is 45.7. The lowest BCUT2D eigenvalue weighted by atomic mass is 9.76. The first kappa shape index (κ1) is 17.4. The third-order valence-corrected chi connectivity index (χ3v) is 5.40. The molecule has 0 amide bonds. The molecular formula is C20H21F3N2O. The van der Waals surface area contributed by atoms with Crippen LogP contribution in [0.25, 0.3) is 0 Å². The van der Waals surface area contributed by atoms with Crippen molar-refractivity contribution >= 4 is 5.69 Å². The number of anilines is 1. The summed E-state index contributed by atoms with van der Waals surface area (Å²) in [5.41, 5.74) is 7.52. The fraction of sp³-hybridized carbons (Fsp3) is 0.400. The van der Waals surface area contributed by atoms with Gasteiger partial charge in [0.05, 0.1) is 23.8 Å². The van der Waals surface area contributed by atoms with Gasteiger partial charge in [-0.2, -0.15) is 13.2 Å². The van der Waals surface area contributed by atoms with Gasteiger partial charge in [-0.1, -0.05) is 30.3 Å². The van der Waals surface area contributed by atoms with E-state index in [9.17, 15) is 13.2 Å². The Morgan fingerprint density at radius 3 is 2.54 bits per heavy atom. The minimum Gasteiger partial charge on any atom is -0.378 e. The van der Waals surface area contributed by atoms with E-state index in [1.807, 2.05) is 30.3 Å². The van der Waals surface area contributed by atoms with E-state index in [1.54, 1.807) is 0 Å². The normalized spacial score (nSPS) is 28.0. The molecule has 0 bridgehead atoms. The summed E-state index contributed by atoms with van der Waals surface area (Å²) in [6.45, 7) is 0.376. The molecule has 6 heteroatoms. The van der Waals surface area contributed by atoms with Crippen molar-refractivity contribution in [1.82, 2.24) is 0 Å². The zero-order chi connectivity index (χ0) is 18.3. The molecule has 4 unspecified atom stereocenters. The van der Waals surface area contributed by atoms with Crippen LogP contribution in [0.2, 0.25) is 0 Å². The van der Waals surface area contributed by atoms with Crippen LogP contribution in [0.1, 0.15) is 41.7 Å². The van der Waals surface area contributed by atoms with Crippen molar-refractivity contribution in [2.24, 2.45) is 11.7 Å². The first-order valence-electron chi connectivity index (χ1n) is 8.85. The lowest BCUT2D eigenvalue weighted by Gasteiger charge is -2.45. The SMILES string of the molecule is NCC1CCC2C(c3ccccc3)Nc3ccc(C(F)(F)F)cc3C2O1. The van der Waals surface area contributed by atoms with Crippen LogP contribution >= 0.6 is 0 Å². The summed E-state index contributed by atoms with van der Waals surface area (Å²) in [5.74, 6) is 0.0659. The van der Waals surface area contributed by atoms with E-state index in [0.29, 0.717) is 17.8 Å². The third-order valence-electron chi connectivity index (χ3n) is 5.40. The molecule has 3 N–H and O–H groups in total. The van der Waals surface area contributed by atoms with E-state index < -0.39 is 11.7 Å². The molecule has 1 saturated heterocycles. The second kappa shape index (κ2) is 6.59. The molecule has 2 aromatic rings. The molecule has 2 aromatic carbocycles. The number of ether oxygens (including phenoxy) is 1. The Kier molecular flexibility index (Phi) is 4.40.